The zero-order chi connectivity index (χ0) is 18.0. The molecule has 0 spiro atoms. The molecule has 6 heteroatoms. The van der Waals surface area contributed by atoms with Crippen molar-refractivity contribution in [2.24, 2.45) is 0 Å². The van der Waals surface area contributed by atoms with Gasteiger partial charge in [-0.05, 0) is 37.1 Å². The highest BCUT2D eigenvalue weighted by Crippen LogP contribution is 2.28. The van der Waals surface area contributed by atoms with Gasteiger partial charge in [-0.15, -0.1) is 0 Å². The van der Waals surface area contributed by atoms with Crippen LogP contribution in [-0.2, 0) is 4.79 Å². The van der Waals surface area contributed by atoms with Gasteiger partial charge in [-0.25, -0.2) is 0 Å². The summed E-state index contributed by atoms with van der Waals surface area (Å²) < 4.78 is 0. The third-order valence-electron chi connectivity index (χ3n) is 4.40. The summed E-state index contributed by atoms with van der Waals surface area (Å²) in [6.07, 6.45) is 3.20. The van der Waals surface area contributed by atoms with Crippen LogP contribution in [0.5, 0.6) is 0 Å². The Morgan fingerprint density at radius 2 is 2.04 bits per heavy atom. The van der Waals surface area contributed by atoms with Crippen molar-refractivity contribution in [3.8, 4) is 11.3 Å². The molecule has 25 heavy (non-hydrogen) atoms. The highest BCUT2D eigenvalue weighted by atomic mass is 35.5. The molecule has 2 heterocycles. The average Bonchev–Trinajstić information content (AvgIpc) is 3.11. The van der Waals surface area contributed by atoms with Crippen molar-refractivity contribution < 1.29 is 9.59 Å². The maximum Gasteiger partial charge on any atom is 0.256 e. The summed E-state index contributed by atoms with van der Waals surface area (Å²) in [5.41, 5.74) is 2.00. The van der Waals surface area contributed by atoms with E-state index in [0.29, 0.717) is 23.6 Å². The molecule has 0 N–H and O–H groups in total. The van der Waals surface area contributed by atoms with E-state index >= 15 is 0 Å². The van der Waals surface area contributed by atoms with E-state index in [2.05, 4.69) is 4.98 Å². The number of carbonyl (C=O) groups is 2. The van der Waals surface area contributed by atoms with Gasteiger partial charge in [0.05, 0.1) is 16.3 Å². The molecule has 0 radical (unpaired) electrons. The predicted molar refractivity (Wildman–Crippen MR) is 97.4 cm³/mol. The molecule has 1 fully saturated rings. The fourth-order valence-electron chi connectivity index (χ4n) is 3.10. The molecule has 2 amide bonds. The first-order chi connectivity index (χ1) is 12.0. The highest BCUT2D eigenvalue weighted by molar-refractivity contribution is 6.34. The van der Waals surface area contributed by atoms with E-state index in [4.69, 9.17) is 11.6 Å². The Hall–Kier alpha value is -2.40. The first-order valence-electron chi connectivity index (χ1n) is 8.22. The van der Waals surface area contributed by atoms with E-state index in [1.54, 1.807) is 37.3 Å². The molecule has 0 bridgehead atoms. The lowest BCUT2D eigenvalue weighted by molar-refractivity contribution is -0.132. The molecule has 5 nitrogen and oxygen atoms in total. The van der Waals surface area contributed by atoms with Gasteiger partial charge in [-0.1, -0.05) is 23.7 Å². The van der Waals surface area contributed by atoms with Crippen molar-refractivity contribution in [2.75, 3.05) is 20.6 Å². The number of pyridine rings is 1. The van der Waals surface area contributed by atoms with E-state index in [9.17, 15) is 9.59 Å². The first kappa shape index (κ1) is 17.4. The van der Waals surface area contributed by atoms with Crippen molar-refractivity contribution in [2.45, 2.75) is 18.9 Å². The molecular weight excluding hydrogens is 338 g/mol. The van der Waals surface area contributed by atoms with E-state index in [0.717, 1.165) is 17.7 Å². The minimum Gasteiger partial charge on any atom is -0.347 e. The van der Waals surface area contributed by atoms with Gasteiger partial charge in [0.2, 0.25) is 5.91 Å². The van der Waals surface area contributed by atoms with Crippen molar-refractivity contribution in [1.29, 1.82) is 0 Å². The van der Waals surface area contributed by atoms with Crippen LogP contribution in [0, 0.1) is 0 Å². The quantitative estimate of drug-likeness (QED) is 0.848. The maximum absolute atomic E-state index is 13.0. The Morgan fingerprint density at radius 3 is 2.72 bits per heavy atom. The zero-order valence-electron chi connectivity index (χ0n) is 14.3. The lowest BCUT2D eigenvalue weighted by Gasteiger charge is -2.26. The molecule has 0 saturated carbocycles. The van der Waals surface area contributed by atoms with E-state index in [1.807, 2.05) is 24.3 Å². The summed E-state index contributed by atoms with van der Waals surface area (Å²) in [7, 11) is 3.41. The Labute approximate surface area is 152 Å². The second-order valence-electron chi connectivity index (χ2n) is 6.30. The summed E-state index contributed by atoms with van der Waals surface area (Å²) >= 11 is 6.28. The number of benzene rings is 1. The van der Waals surface area contributed by atoms with Gasteiger partial charge >= 0.3 is 0 Å². The molecule has 0 aliphatic carbocycles. The van der Waals surface area contributed by atoms with Crippen LogP contribution in [0.4, 0.5) is 0 Å². The minimum absolute atomic E-state index is 0.0529. The van der Waals surface area contributed by atoms with Gasteiger partial charge in [0.1, 0.15) is 6.04 Å². The van der Waals surface area contributed by atoms with E-state index < -0.39 is 6.04 Å². The van der Waals surface area contributed by atoms with Crippen molar-refractivity contribution in [1.82, 2.24) is 14.8 Å². The summed E-state index contributed by atoms with van der Waals surface area (Å²) in [6, 6.07) is 10.5. The molecule has 2 aromatic rings. The van der Waals surface area contributed by atoms with Gasteiger partial charge in [0.15, 0.2) is 0 Å². The summed E-state index contributed by atoms with van der Waals surface area (Å²) in [6.45, 7) is 0.563. The third-order valence-corrected chi connectivity index (χ3v) is 4.73. The number of aromatic nitrogens is 1. The number of halogens is 1. The summed E-state index contributed by atoms with van der Waals surface area (Å²) in [5.74, 6) is -0.261. The lowest BCUT2D eigenvalue weighted by Crippen LogP contribution is -2.45. The molecule has 1 saturated heterocycles. The average molecular weight is 358 g/mol. The maximum atomic E-state index is 13.0. The number of hydrogen-bond donors (Lipinski definition) is 0. The van der Waals surface area contributed by atoms with Crippen LogP contribution in [0.1, 0.15) is 23.2 Å². The molecule has 1 aliphatic heterocycles. The molecule has 3 rings (SSSR count). The van der Waals surface area contributed by atoms with Crippen LogP contribution in [0.2, 0.25) is 5.02 Å². The van der Waals surface area contributed by atoms with Crippen LogP contribution in [0.25, 0.3) is 11.3 Å². The standard InChI is InChI=1S/C19H20ClN3O2/c1-22(2)19(25)17-7-5-11-23(17)18(24)14-12-13(8-9-15(14)20)16-6-3-4-10-21-16/h3-4,6,8-10,12,17H,5,7,11H2,1-2H3. The zero-order valence-corrected chi connectivity index (χ0v) is 15.0. The van der Waals surface area contributed by atoms with Crippen LogP contribution in [0.3, 0.4) is 0 Å². The molecule has 1 aromatic heterocycles. The Kier molecular flexibility index (Phi) is 5.04. The van der Waals surface area contributed by atoms with Crippen molar-refractivity contribution >= 4 is 23.4 Å². The van der Waals surface area contributed by atoms with Gasteiger partial charge in [-0.2, -0.15) is 0 Å². The normalized spacial score (nSPS) is 16.8. The van der Waals surface area contributed by atoms with Gasteiger partial charge in [0.25, 0.3) is 5.91 Å². The molecule has 1 aliphatic rings. The fourth-order valence-corrected chi connectivity index (χ4v) is 3.30. The number of rotatable bonds is 3. The lowest BCUT2D eigenvalue weighted by atomic mass is 10.1. The van der Waals surface area contributed by atoms with Gasteiger partial charge < -0.3 is 9.80 Å². The van der Waals surface area contributed by atoms with Crippen molar-refractivity contribution in [3.63, 3.8) is 0 Å². The van der Waals surface area contributed by atoms with Crippen LogP contribution in [-0.4, -0.2) is 53.3 Å². The topological polar surface area (TPSA) is 53.5 Å². The van der Waals surface area contributed by atoms with Gasteiger partial charge in [-0.3, -0.25) is 14.6 Å². The second kappa shape index (κ2) is 7.23. The summed E-state index contributed by atoms with van der Waals surface area (Å²) in [5, 5.41) is 0.382. The monoisotopic (exact) mass is 357 g/mol. The largest absolute Gasteiger partial charge is 0.347 e. The Bertz CT molecular complexity index is 793. The van der Waals surface area contributed by atoms with Gasteiger partial charge in [0, 0.05) is 32.4 Å². The summed E-state index contributed by atoms with van der Waals surface area (Å²) in [4.78, 5) is 32.9. The Morgan fingerprint density at radius 1 is 1.24 bits per heavy atom. The smallest absolute Gasteiger partial charge is 0.256 e. The van der Waals surface area contributed by atoms with E-state index in [-0.39, 0.29) is 11.8 Å². The predicted octanol–water partition coefficient (Wildman–Crippen LogP) is 3.09. The minimum atomic E-state index is -0.419. The van der Waals surface area contributed by atoms with Crippen LogP contribution >= 0.6 is 11.6 Å². The number of likely N-dealkylation sites (N-methyl/N-ethyl adjacent to an activating group) is 1. The number of carbonyl (C=O) groups excluding carboxylic acids is 2. The molecule has 1 aromatic carbocycles. The first-order valence-corrected chi connectivity index (χ1v) is 8.60. The molecular formula is C19H20ClN3O2. The molecule has 1 unspecified atom stereocenters. The number of nitrogens with zero attached hydrogens (tertiary/aromatic N) is 3. The number of amides is 2. The molecule has 1 atom stereocenters. The van der Waals surface area contributed by atoms with Crippen molar-refractivity contribution in [3.05, 3.63) is 53.2 Å². The van der Waals surface area contributed by atoms with E-state index in [1.165, 1.54) is 4.90 Å². The number of likely N-dealkylation sites (tertiary alicyclic amines) is 1. The Balaban J connectivity index is 1.93. The third kappa shape index (κ3) is 3.51. The molecule has 130 valence electrons. The number of hydrogen-bond acceptors (Lipinski definition) is 3. The van der Waals surface area contributed by atoms with Crippen LogP contribution < -0.4 is 0 Å². The second-order valence-corrected chi connectivity index (χ2v) is 6.71. The SMILES string of the molecule is CN(C)C(=O)C1CCCN1C(=O)c1cc(-c2ccccn2)ccc1Cl. The highest BCUT2D eigenvalue weighted by Gasteiger charge is 2.36. The fraction of sp³-hybridized carbons (Fsp3) is 0.316. The van der Waals surface area contributed by atoms with Crippen LogP contribution in [0.15, 0.2) is 42.6 Å².